The summed E-state index contributed by atoms with van der Waals surface area (Å²) in [6.45, 7) is 7.55. The highest BCUT2D eigenvalue weighted by Crippen LogP contribution is 2.35. The van der Waals surface area contributed by atoms with Crippen LogP contribution in [0.4, 0.5) is 8.78 Å². The molecule has 2 aromatic rings. The monoisotopic (exact) mass is 333 g/mol. The first kappa shape index (κ1) is 17.1. The van der Waals surface area contributed by atoms with Crippen LogP contribution in [0, 0.1) is 17.6 Å². The Bertz CT molecular complexity index is 661. The van der Waals surface area contributed by atoms with E-state index in [1.165, 1.54) is 24.6 Å². The largest absolute Gasteiger partial charge is 0.303 e. The van der Waals surface area contributed by atoms with Crippen LogP contribution in [0.3, 0.4) is 0 Å². The number of benzene rings is 1. The highest BCUT2D eigenvalue weighted by atomic mass is 19.1. The standard InChI is InChI=1S/C19H25F2N3/c1-13(2)8-10-24-9-4-5-14(12-24)19-15(11-22-23-19)18-16(20)6-3-7-17(18)21/h3,6-7,11,13-14H,4-5,8-10,12H2,1-2H3,(H,22,23)/t14-/m1/s1. The van der Waals surface area contributed by atoms with E-state index in [2.05, 4.69) is 28.9 Å². The average Bonchev–Trinajstić information content (AvgIpc) is 3.02. The number of hydrogen-bond acceptors (Lipinski definition) is 2. The molecule has 1 aliphatic heterocycles. The lowest BCUT2D eigenvalue weighted by Gasteiger charge is -2.33. The van der Waals surface area contributed by atoms with Crippen LogP contribution in [0.1, 0.15) is 44.7 Å². The Kier molecular flexibility index (Phi) is 5.29. The molecule has 24 heavy (non-hydrogen) atoms. The van der Waals surface area contributed by atoms with Gasteiger partial charge in [0.2, 0.25) is 0 Å². The third kappa shape index (κ3) is 3.66. The Hall–Kier alpha value is -1.75. The van der Waals surface area contributed by atoms with Crippen LogP contribution < -0.4 is 0 Å². The van der Waals surface area contributed by atoms with E-state index in [0.717, 1.165) is 38.2 Å². The van der Waals surface area contributed by atoms with Crippen molar-refractivity contribution in [3.8, 4) is 11.1 Å². The van der Waals surface area contributed by atoms with Crippen molar-refractivity contribution in [2.24, 2.45) is 5.92 Å². The summed E-state index contributed by atoms with van der Waals surface area (Å²) in [6.07, 6.45) is 4.83. The molecule has 1 aromatic carbocycles. The quantitative estimate of drug-likeness (QED) is 0.868. The molecule has 0 aliphatic carbocycles. The van der Waals surface area contributed by atoms with Crippen molar-refractivity contribution in [3.05, 3.63) is 41.7 Å². The number of rotatable bonds is 5. The lowest BCUT2D eigenvalue weighted by atomic mass is 9.90. The topological polar surface area (TPSA) is 31.9 Å². The van der Waals surface area contributed by atoms with Crippen LogP contribution in [0.5, 0.6) is 0 Å². The van der Waals surface area contributed by atoms with Gasteiger partial charge < -0.3 is 4.90 Å². The van der Waals surface area contributed by atoms with Gasteiger partial charge in [0.15, 0.2) is 0 Å². The minimum atomic E-state index is -0.537. The molecule has 0 bridgehead atoms. The first-order valence-corrected chi connectivity index (χ1v) is 8.76. The van der Waals surface area contributed by atoms with E-state index < -0.39 is 11.6 Å². The lowest BCUT2D eigenvalue weighted by molar-refractivity contribution is 0.196. The fourth-order valence-corrected chi connectivity index (χ4v) is 3.50. The Morgan fingerprint density at radius 1 is 1.29 bits per heavy atom. The summed E-state index contributed by atoms with van der Waals surface area (Å²) in [5, 5.41) is 7.08. The van der Waals surface area contributed by atoms with Crippen molar-refractivity contribution >= 4 is 0 Å². The lowest BCUT2D eigenvalue weighted by Crippen LogP contribution is -2.35. The summed E-state index contributed by atoms with van der Waals surface area (Å²) in [4.78, 5) is 2.45. The fourth-order valence-electron chi connectivity index (χ4n) is 3.50. The Balaban J connectivity index is 1.82. The van der Waals surface area contributed by atoms with Crippen molar-refractivity contribution < 1.29 is 8.78 Å². The highest BCUT2D eigenvalue weighted by molar-refractivity contribution is 5.67. The van der Waals surface area contributed by atoms with Gasteiger partial charge in [-0.2, -0.15) is 5.10 Å². The van der Waals surface area contributed by atoms with Crippen molar-refractivity contribution in [1.29, 1.82) is 0 Å². The van der Waals surface area contributed by atoms with Crippen molar-refractivity contribution in [2.75, 3.05) is 19.6 Å². The third-order valence-corrected chi connectivity index (χ3v) is 4.84. The number of nitrogens with zero attached hydrogens (tertiary/aromatic N) is 2. The maximum atomic E-state index is 14.2. The minimum Gasteiger partial charge on any atom is -0.303 e. The van der Waals surface area contributed by atoms with Crippen molar-refractivity contribution in [2.45, 2.75) is 39.0 Å². The second kappa shape index (κ2) is 7.43. The Labute approximate surface area is 142 Å². The second-order valence-electron chi connectivity index (χ2n) is 7.12. The number of H-pyrrole nitrogens is 1. The van der Waals surface area contributed by atoms with Gasteiger partial charge in [-0.25, -0.2) is 8.78 Å². The maximum Gasteiger partial charge on any atom is 0.134 e. The predicted molar refractivity (Wildman–Crippen MR) is 91.8 cm³/mol. The van der Waals surface area contributed by atoms with Crippen molar-refractivity contribution in [3.63, 3.8) is 0 Å². The molecular formula is C19H25F2N3. The van der Waals surface area contributed by atoms with E-state index in [1.807, 2.05) is 0 Å². The van der Waals surface area contributed by atoms with Crippen LogP contribution in [-0.2, 0) is 0 Å². The molecule has 0 unspecified atom stereocenters. The first-order valence-electron chi connectivity index (χ1n) is 8.76. The molecule has 1 atom stereocenters. The molecular weight excluding hydrogens is 308 g/mol. The number of hydrogen-bond donors (Lipinski definition) is 1. The fraction of sp³-hybridized carbons (Fsp3) is 0.526. The molecule has 1 aliphatic rings. The van der Waals surface area contributed by atoms with Gasteiger partial charge in [0.25, 0.3) is 0 Å². The summed E-state index contributed by atoms with van der Waals surface area (Å²) < 4.78 is 28.3. The van der Waals surface area contributed by atoms with Crippen LogP contribution in [-0.4, -0.2) is 34.7 Å². The normalized spacial score (nSPS) is 19.1. The van der Waals surface area contributed by atoms with Gasteiger partial charge >= 0.3 is 0 Å². The summed E-state index contributed by atoms with van der Waals surface area (Å²) in [5.74, 6) is -0.154. The van der Waals surface area contributed by atoms with E-state index in [-0.39, 0.29) is 11.5 Å². The van der Waals surface area contributed by atoms with Gasteiger partial charge in [-0.3, -0.25) is 5.10 Å². The minimum absolute atomic E-state index is 0.0283. The van der Waals surface area contributed by atoms with E-state index >= 15 is 0 Å². The van der Waals surface area contributed by atoms with Crippen LogP contribution in [0.2, 0.25) is 0 Å². The molecule has 1 fully saturated rings. The van der Waals surface area contributed by atoms with Gasteiger partial charge in [0, 0.05) is 23.7 Å². The molecule has 5 heteroatoms. The molecule has 0 amide bonds. The number of halogens is 2. The molecule has 1 saturated heterocycles. The molecule has 0 radical (unpaired) electrons. The zero-order chi connectivity index (χ0) is 17.1. The van der Waals surface area contributed by atoms with Crippen LogP contribution in [0.25, 0.3) is 11.1 Å². The smallest absolute Gasteiger partial charge is 0.134 e. The van der Waals surface area contributed by atoms with Gasteiger partial charge in [-0.05, 0) is 50.4 Å². The SMILES string of the molecule is CC(C)CCN1CCC[C@@H](c2[nH]ncc2-c2c(F)cccc2F)C1. The molecule has 2 heterocycles. The zero-order valence-electron chi connectivity index (χ0n) is 14.4. The van der Waals surface area contributed by atoms with Crippen LogP contribution >= 0.6 is 0 Å². The first-order chi connectivity index (χ1) is 11.6. The van der Waals surface area contributed by atoms with Crippen molar-refractivity contribution in [1.82, 2.24) is 15.1 Å². The van der Waals surface area contributed by atoms with E-state index in [4.69, 9.17) is 0 Å². The van der Waals surface area contributed by atoms with Gasteiger partial charge in [-0.1, -0.05) is 19.9 Å². The van der Waals surface area contributed by atoms with E-state index in [0.29, 0.717) is 11.5 Å². The summed E-state index contributed by atoms with van der Waals surface area (Å²) in [5.41, 5.74) is 1.44. The summed E-state index contributed by atoms with van der Waals surface area (Å²) >= 11 is 0. The molecule has 3 nitrogen and oxygen atoms in total. The maximum absolute atomic E-state index is 14.2. The number of aromatic nitrogens is 2. The van der Waals surface area contributed by atoms with Crippen LogP contribution in [0.15, 0.2) is 24.4 Å². The summed E-state index contributed by atoms with van der Waals surface area (Å²) in [7, 11) is 0. The molecule has 130 valence electrons. The number of piperidine rings is 1. The molecule has 1 N–H and O–H groups in total. The van der Waals surface area contributed by atoms with E-state index in [1.54, 1.807) is 6.20 Å². The van der Waals surface area contributed by atoms with Gasteiger partial charge in [0.05, 0.1) is 11.8 Å². The average molecular weight is 333 g/mol. The number of nitrogens with one attached hydrogen (secondary N) is 1. The summed E-state index contributed by atoms with van der Waals surface area (Å²) in [6, 6.07) is 3.98. The molecule has 3 rings (SSSR count). The zero-order valence-corrected chi connectivity index (χ0v) is 14.4. The number of likely N-dealkylation sites (tertiary alicyclic amines) is 1. The Morgan fingerprint density at radius 2 is 2.04 bits per heavy atom. The molecule has 0 spiro atoms. The highest BCUT2D eigenvalue weighted by Gasteiger charge is 2.26. The Morgan fingerprint density at radius 3 is 2.75 bits per heavy atom. The molecule has 1 aromatic heterocycles. The van der Waals surface area contributed by atoms with Gasteiger partial charge in [-0.15, -0.1) is 0 Å². The third-order valence-electron chi connectivity index (χ3n) is 4.84. The predicted octanol–water partition coefficient (Wildman–Crippen LogP) is 4.58. The van der Waals surface area contributed by atoms with E-state index in [9.17, 15) is 8.78 Å². The number of aromatic amines is 1. The molecule has 0 saturated carbocycles. The van der Waals surface area contributed by atoms with Gasteiger partial charge in [0.1, 0.15) is 11.6 Å². The second-order valence-corrected chi connectivity index (χ2v) is 7.12.